The van der Waals surface area contributed by atoms with Crippen LogP contribution in [0.15, 0.2) is 28.7 Å². The fourth-order valence-electron chi connectivity index (χ4n) is 3.29. The molecule has 0 spiro atoms. The van der Waals surface area contributed by atoms with Gasteiger partial charge < -0.3 is 4.42 Å². The second-order valence-electron chi connectivity index (χ2n) is 6.46. The Hall–Kier alpha value is -2.49. The van der Waals surface area contributed by atoms with Crippen molar-refractivity contribution in [1.29, 1.82) is 0 Å². The van der Waals surface area contributed by atoms with Gasteiger partial charge in [-0.25, -0.2) is 9.67 Å². The van der Waals surface area contributed by atoms with Crippen LogP contribution in [0, 0.1) is 0 Å². The minimum Gasteiger partial charge on any atom is -0.440 e. The van der Waals surface area contributed by atoms with Gasteiger partial charge in [-0.15, -0.1) is 5.10 Å². The fourth-order valence-corrected chi connectivity index (χ4v) is 3.29. The van der Waals surface area contributed by atoms with Crippen molar-refractivity contribution in [3.8, 4) is 0 Å². The first-order chi connectivity index (χ1) is 12.5. The van der Waals surface area contributed by atoms with Crippen LogP contribution in [0.5, 0.6) is 0 Å². The van der Waals surface area contributed by atoms with Crippen LogP contribution in [0.1, 0.15) is 30.5 Å². The standard InChI is InChI=1S/C16H17F3N6O/c17-16(18,19)10-25-14(21-22-23-25)9-24-7-3-4-11(8-24)15-20-12-5-1-2-6-13(12)26-15/h1-2,5-6,11H,3-4,7-10H2. The molecule has 3 heterocycles. The van der Waals surface area contributed by atoms with Gasteiger partial charge in [-0.3, -0.25) is 4.90 Å². The molecule has 1 saturated heterocycles. The molecule has 0 saturated carbocycles. The summed E-state index contributed by atoms with van der Waals surface area (Å²) in [6.07, 6.45) is -2.52. The van der Waals surface area contributed by atoms with Gasteiger partial charge in [0, 0.05) is 12.5 Å². The zero-order chi connectivity index (χ0) is 18.1. The highest BCUT2D eigenvalue weighted by molar-refractivity contribution is 5.72. The van der Waals surface area contributed by atoms with Crippen LogP contribution < -0.4 is 0 Å². The maximum absolute atomic E-state index is 12.6. The molecule has 1 fully saturated rings. The van der Waals surface area contributed by atoms with Crippen molar-refractivity contribution in [1.82, 2.24) is 30.1 Å². The number of para-hydroxylation sites is 2. The van der Waals surface area contributed by atoms with E-state index in [1.54, 1.807) is 0 Å². The predicted molar refractivity (Wildman–Crippen MR) is 85.1 cm³/mol. The van der Waals surface area contributed by atoms with Crippen molar-refractivity contribution < 1.29 is 17.6 Å². The molecule has 0 aliphatic carbocycles. The van der Waals surface area contributed by atoms with Crippen LogP contribution in [0.4, 0.5) is 13.2 Å². The number of hydrogen-bond donors (Lipinski definition) is 0. The Morgan fingerprint density at radius 3 is 2.88 bits per heavy atom. The second kappa shape index (κ2) is 6.67. The third-order valence-electron chi connectivity index (χ3n) is 4.47. The van der Waals surface area contributed by atoms with E-state index in [0.29, 0.717) is 12.4 Å². The average Bonchev–Trinajstić information content (AvgIpc) is 3.20. The van der Waals surface area contributed by atoms with E-state index in [1.165, 1.54) is 0 Å². The largest absolute Gasteiger partial charge is 0.440 e. The Morgan fingerprint density at radius 1 is 1.23 bits per heavy atom. The van der Waals surface area contributed by atoms with E-state index in [2.05, 4.69) is 20.5 Å². The quantitative estimate of drug-likeness (QED) is 0.707. The number of aromatic nitrogens is 5. The molecule has 1 aromatic carbocycles. The molecular formula is C16H17F3N6O. The summed E-state index contributed by atoms with van der Waals surface area (Å²) in [6.45, 7) is 0.499. The van der Waals surface area contributed by atoms with Gasteiger partial charge in [0.05, 0.1) is 6.54 Å². The molecule has 1 aliphatic heterocycles. The summed E-state index contributed by atoms with van der Waals surface area (Å²) in [4.78, 5) is 6.59. The highest BCUT2D eigenvalue weighted by Gasteiger charge is 2.31. The molecule has 3 aromatic rings. The number of alkyl halides is 3. The lowest BCUT2D eigenvalue weighted by molar-refractivity contribution is -0.143. The molecule has 7 nitrogen and oxygen atoms in total. The average molecular weight is 366 g/mol. The van der Waals surface area contributed by atoms with E-state index in [4.69, 9.17) is 4.42 Å². The maximum Gasteiger partial charge on any atom is 0.408 e. The van der Waals surface area contributed by atoms with Gasteiger partial charge in [-0.1, -0.05) is 12.1 Å². The molecule has 1 aliphatic rings. The second-order valence-corrected chi connectivity index (χ2v) is 6.46. The van der Waals surface area contributed by atoms with E-state index in [-0.39, 0.29) is 18.3 Å². The minimum absolute atomic E-state index is 0.100. The Kier molecular flexibility index (Phi) is 4.35. The SMILES string of the molecule is FC(F)(F)Cn1nnnc1CN1CCCC(c2nc3ccccc3o2)C1. The van der Waals surface area contributed by atoms with Crippen molar-refractivity contribution in [3.63, 3.8) is 0 Å². The van der Waals surface area contributed by atoms with Crippen LogP contribution in [0.25, 0.3) is 11.1 Å². The fraction of sp³-hybridized carbons (Fsp3) is 0.500. The molecule has 138 valence electrons. The molecule has 0 bridgehead atoms. The minimum atomic E-state index is -4.35. The van der Waals surface area contributed by atoms with E-state index in [1.807, 2.05) is 29.2 Å². The number of oxazole rings is 1. The van der Waals surface area contributed by atoms with Gasteiger partial charge in [-0.2, -0.15) is 13.2 Å². The van der Waals surface area contributed by atoms with Crippen LogP contribution in [0.2, 0.25) is 0 Å². The summed E-state index contributed by atoms with van der Waals surface area (Å²) in [6, 6.07) is 7.57. The number of piperidine rings is 1. The first-order valence-corrected chi connectivity index (χ1v) is 8.37. The van der Waals surface area contributed by atoms with Crippen molar-refractivity contribution in [3.05, 3.63) is 36.0 Å². The van der Waals surface area contributed by atoms with Crippen LogP contribution >= 0.6 is 0 Å². The van der Waals surface area contributed by atoms with Crippen molar-refractivity contribution >= 4 is 11.1 Å². The third-order valence-corrected chi connectivity index (χ3v) is 4.47. The number of benzene rings is 1. The maximum atomic E-state index is 12.6. The zero-order valence-corrected chi connectivity index (χ0v) is 13.9. The number of rotatable bonds is 4. The number of nitrogens with zero attached hydrogens (tertiary/aromatic N) is 6. The Bertz CT molecular complexity index is 856. The summed E-state index contributed by atoms with van der Waals surface area (Å²) < 4.78 is 44.5. The number of fused-ring (bicyclic) bond motifs is 1. The van der Waals surface area contributed by atoms with E-state index in [9.17, 15) is 13.2 Å². The molecule has 26 heavy (non-hydrogen) atoms. The van der Waals surface area contributed by atoms with Gasteiger partial charge in [0.2, 0.25) is 0 Å². The highest BCUT2D eigenvalue weighted by Crippen LogP contribution is 2.29. The predicted octanol–water partition coefficient (Wildman–Crippen LogP) is 2.76. The molecule has 1 unspecified atom stereocenters. The molecule has 0 amide bonds. The molecule has 4 rings (SSSR count). The Balaban J connectivity index is 1.47. The highest BCUT2D eigenvalue weighted by atomic mass is 19.4. The number of halogens is 3. The summed E-state index contributed by atoms with van der Waals surface area (Å²) in [7, 11) is 0. The monoisotopic (exact) mass is 366 g/mol. The van der Waals surface area contributed by atoms with Crippen LogP contribution in [-0.2, 0) is 13.1 Å². The molecule has 1 atom stereocenters. The first kappa shape index (κ1) is 17.0. The lowest BCUT2D eigenvalue weighted by atomic mass is 9.98. The molecule has 10 heteroatoms. The Morgan fingerprint density at radius 2 is 2.08 bits per heavy atom. The van der Waals surface area contributed by atoms with Gasteiger partial charge in [0.25, 0.3) is 0 Å². The van der Waals surface area contributed by atoms with E-state index >= 15 is 0 Å². The van der Waals surface area contributed by atoms with Crippen LogP contribution in [0.3, 0.4) is 0 Å². The summed E-state index contributed by atoms with van der Waals surface area (Å²) >= 11 is 0. The number of tetrazole rings is 1. The van der Waals surface area contributed by atoms with Crippen LogP contribution in [-0.4, -0.2) is 49.4 Å². The number of likely N-dealkylation sites (tertiary alicyclic amines) is 1. The third kappa shape index (κ3) is 3.69. The number of hydrogen-bond acceptors (Lipinski definition) is 6. The summed E-state index contributed by atoms with van der Waals surface area (Å²) in [5.41, 5.74) is 1.56. The smallest absolute Gasteiger partial charge is 0.408 e. The first-order valence-electron chi connectivity index (χ1n) is 8.37. The molecule has 0 radical (unpaired) electrons. The molecule has 2 aromatic heterocycles. The zero-order valence-electron chi connectivity index (χ0n) is 13.9. The topological polar surface area (TPSA) is 72.9 Å². The van der Waals surface area contributed by atoms with Crippen molar-refractivity contribution in [2.24, 2.45) is 0 Å². The van der Waals surface area contributed by atoms with E-state index in [0.717, 1.165) is 35.2 Å². The molecule has 0 N–H and O–H groups in total. The summed E-state index contributed by atoms with van der Waals surface area (Å²) in [5.74, 6) is 0.981. The lowest BCUT2D eigenvalue weighted by Gasteiger charge is -2.30. The Labute approximate surface area is 146 Å². The van der Waals surface area contributed by atoms with Gasteiger partial charge >= 0.3 is 6.18 Å². The van der Waals surface area contributed by atoms with Gasteiger partial charge in [0.1, 0.15) is 12.1 Å². The van der Waals surface area contributed by atoms with E-state index < -0.39 is 12.7 Å². The van der Waals surface area contributed by atoms with Crippen molar-refractivity contribution in [2.45, 2.75) is 38.0 Å². The lowest BCUT2D eigenvalue weighted by Crippen LogP contribution is -2.35. The summed E-state index contributed by atoms with van der Waals surface area (Å²) in [5, 5.41) is 10.6. The van der Waals surface area contributed by atoms with Gasteiger partial charge in [0.15, 0.2) is 17.3 Å². The van der Waals surface area contributed by atoms with Gasteiger partial charge in [-0.05, 0) is 41.9 Å². The van der Waals surface area contributed by atoms with Crippen molar-refractivity contribution in [2.75, 3.05) is 13.1 Å². The normalized spacial score (nSPS) is 19.3. The molecular weight excluding hydrogens is 349 g/mol.